The maximum absolute atomic E-state index is 13.2. The van der Waals surface area contributed by atoms with Gasteiger partial charge in [0, 0.05) is 37.5 Å². The molecule has 1 aromatic rings. The molecule has 3 aliphatic heterocycles. The van der Waals surface area contributed by atoms with E-state index in [2.05, 4.69) is 5.32 Å². The van der Waals surface area contributed by atoms with E-state index in [4.69, 9.17) is 4.74 Å². The number of anilines is 1. The Hall–Kier alpha value is -1.82. The summed E-state index contributed by atoms with van der Waals surface area (Å²) in [6.07, 6.45) is 1.86. The number of hydrogen-bond donors (Lipinski definition) is 2. The standard InChI is InChI=1S/C18H23N3O6S2/c1-28-8-17(24)20-5-12-6-21(10-18(12,9-20)11-22)29(25,26)13-2-3-15-14(4-13)19-16(23)7-27-15/h2-4,12,22H,5-11H2,1H3,(H,19,23). The zero-order chi connectivity index (χ0) is 20.8. The summed E-state index contributed by atoms with van der Waals surface area (Å²) < 4.78 is 33.1. The number of thioether (sulfide) groups is 1. The van der Waals surface area contributed by atoms with E-state index in [1.807, 2.05) is 6.26 Å². The summed E-state index contributed by atoms with van der Waals surface area (Å²) in [7, 11) is -3.82. The molecule has 0 saturated carbocycles. The van der Waals surface area contributed by atoms with Crippen molar-refractivity contribution >= 4 is 39.3 Å². The Kier molecular flexibility index (Phi) is 5.26. The predicted octanol–water partition coefficient (Wildman–Crippen LogP) is -0.178. The van der Waals surface area contributed by atoms with Gasteiger partial charge in [-0.15, -0.1) is 0 Å². The third-order valence-corrected chi connectivity index (χ3v) is 8.23. The summed E-state index contributed by atoms with van der Waals surface area (Å²) in [5.74, 6) is 0.362. The van der Waals surface area contributed by atoms with Gasteiger partial charge in [0.25, 0.3) is 5.91 Å². The first-order valence-electron chi connectivity index (χ1n) is 9.23. The van der Waals surface area contributed by atoms with E-state index in [-0.39, 0.29) is 48.9 Å². The lowest BCUT2D eigenvalue weighted by Gasteiger charge is -2.27. The smallest absolute Gasteiger partial charge is 0.262 e. The average molecular weight is 442 g/mol. The van der Waals surface area contributed by atoms with Crippen LogP contribution in [0.1, 0.15) is 0 Å². The summed E-state index contributed by atoms with van der Waals surface area (Å²) >= 11 is 1.44. The van der Waals surface area contributed by atoms with E-state index in [1.54, 1.807) is 4.90 Å². The highest BCUT2D eigenvalue weighted by molar-refractivity contribution is 7.99. The van der Waals surface area contributed by atoms with Gasteiger partial charge in [-0.1, -0.05) is 0 Å². The second-order valence-electron chi connectivity index (χ2n) is 7.72. The number of hydrogen-bond acceptors (Lipinski definition) is 7. The quantitative estimate of drug-likeness (QED) is 0.651. The fourth-order valence-corrected chi connectivity index (χ4v) is 6.35. The Morgan fingerprint density at radius 2 is 2.17 bits per heavy atom. The number of aliphatic hydroxyl groups excluding tert-OH is 1. The number of rotatable bonds is 5. The number of aliphatic hydroxyl groups is 1. The minimum atomic E-state index is -3.82. The van der Waals surface area contributed by atoms with Gasteiger partial charge in [0.1, 0.15) is 5.75 Å². The molecule has 2 amide bonds. The molecular weight excluding hydrogens is 418 g/mol. The Morgan fingerprint density at radius 1 is 1.38 bits per heavy atom. The fourth-order valence-electron chi connectivity index (χ4n) is 4.31. The Morgan fingerprint density at radius 3 is 2.86 bits per heavy atom. The molecule has 11 heteroatoms. The van der Waals surface area contributed by atoms with Gasteiger partial charge in [-0.25, -0.2) is 8.42 Å². The van der Waals surface area contributed by atoms with Crippen molar-refractivity contribution in [2.45, 2.75) is 4.90 Å². The highest BCUT2D eigenvalue weighted by atomic mass is 32.2. The lowest BCUT2D eigenvalue weighted by Crippen LogP contribution is -2.40. The summed E-state index contributed by atoms with van der Waals surface area (Å²) in [4.78, 5) is 25.6. The normalized spacial score (nSPS) is 26.6. The zero-order valence-electron chi connectivity index (χ0n) is 16.0. The first-order valence-corrected chi connectivity index (χ1v) is 12.1. The van der Waals surface area contributed by atoms with Crippen LogP contribution in [-0.4, -0.2) is 85.9 Å². The van der Waals surface area contributed by atoms with Gasteiger partial charge >= 0.3 is 0 Å². The molecule has 2 fully saturated rings. The van der Waals surface area contributed by atoms with Crippen LogP contribution < -0.4 is 10.1 Å². The van der Waals surface area contributed by atoms with Crippen molar-refractivity contribution in [1.29, 1.82) is 0 Å². The van der Waals surface area contributed by atoms with Gasteiger partial charge in [0.05, 0.1) is 22.9 Å². The number of benzene rings is 1. The van der Waals surface area contributed by atoms with E-state index < -0.39 is 15.4 Å². The number of nitrogens with one attached hydrogen (secondary N) is 1. The Balaban J connectivity index is 1.55. The lowest BCUT2D eigenvalue weighted by atomic mass is 9.82. The van der Waals surface area contributed by atoms with Crippen molar-refractivity contribution in [2.75, 3.05) is 56.7 Å². The number of nitrogens with zero attached hydrogens (tertiary/aromatic N) is 2. The van der Waals surface area contributed by atoms with Crippen LogP contribution in [0.15, 0.2) is 23.1 Å². The third kappa shape index (κ3) is 3.49. The summed E-state index contributed by atoms with van der Waals surface area (Å²) in [6.45, 7) is 0.914. The van der Waals surface area contributed by atoms with Gasteiger partial charge in [-0.2, -0.15) is 16.1 Å². The van der Waals surface area contributed by atoms with E-state index in [9.17, 15) is 23.1 Å². The SMILES string of the molecule is CSCC(=O)N1CC2CN(S(=O)(=O)c3ccc4c(c3)NC(=O)CO4)CC2(CO)C1. The molecule has 3 heterocycles. The second-order valence-corrected chi connectivity index (χ2v) is 10.5. The highest BCUT2D eigenvalue weighted by Gasteiger charge is 2.55. The van der Waals surface area contributed by atoms with Gasteiger partial charge in [0.15, 0.2) is 6.61 Å². The maximum atomic E-state index is 13.2. The Bertz CT molecular complexity index is 953. The van der Waals surface area contributed by atoms with Crippen LogP contribution >= 0.6 is 11.8 Å². The van der Waals surface area contributed by atoms with Gasteiger partial charge in [0.2, 0.25) is 15.9 Å². The fraction of sp³-hybridized carbons (Fsp3) is 0.556. The number of likely N-dealkylation sites (tertiary alicyclic amines) is 1. The number of carbonyl (C=O) groups excluding carboxylic acids is 2. The number of carbonyl (C=O) groups is 2. The third-order valence-electron chi connectivity index (χ3n) is 5.88. The molecule has 2 saturated heterocycles. The molecule has 4 rings (SSSR count). The van der Waals surface area contributed by atoms with Crippen molar-refractivity contribution in [3.8, 4) is 5.75 Å². The number of fused-ring (bicyclic) bond motifs is 2. The van der Waals surface area contributed by atoms with Crippen LogP contribution in [0.25, 0.3) is 0 Å². The molecule has 29 heavy (non-hydrogen) atoms. The van der Waals surface area contributed by atoms with E-state index >= 15 is 0 Å². The van der Waals surface area contributed by atoms with Crippen LogP contribution in [0.5, 0.6) is 5.75 Å². The van der Waals surface area contributed by atoms with E-state index in [0.717, 1.165) is 0 Å². The van der Waals surface area contributed by atoms with Crippen molar-refractivity contribution < 1.29 is 27.9 Å². The molecule has 1 aromatic carbocycles. The number of ether oxygens (including phenoxy) is 1. The molecule has 9 nitrogen and oxygen atoms in total. The minimum absolute atomic E-state index is 0.0135. The van der Waals surface area contributed by atoms with Gasteiger partial charge < -0.3 is 20.1 Å². The van der Waals surface area contributed by atoms with Crippen molar-refractivity contribution in [3.05, 3.63) is 18.2 Å². The first kappa shape index (κ1) is 20.5. The molecule has 2 atom stereocenters. The monoisotopic (exact) mass is 441 g/mol. The average Bonchev–Trinajstić information content (AvgIpc) is 3.23. The highest BCUT2D eigenvalue weighted by Crippen LogP contribution is 2.44. The van der Waals surface area contributed by atoms with Crippen LogP contribution in [0.3, 0.4) is 0 Å². The molecule has 0 aromatic heterocycles. The molecule has 158 valence electrons. The van der Waals surface area contributed by atoms with Crippen molar-refractivity contribution in [1.82, 2.24) is 9.21 Å². The summed E-state index contributed by atoms with van der Waals surface area (Å²) in [5.41, 5.74) is -0.320. The molecule has 2 unspecified atom stereocenters. The van der Waals surface area contributed by atoms with Gasteiger partial charge in [-0.05, 0) is 24.5 Å². The maximum Gasteiger partial charge on any atom is 0.262 e. The second kappa shape index (κ2) is 7.46. The van der Waals surface area contributed by atoms with Crippen LogP contribution in [0.2, 0.25) is 0 Å². The zero-order valence-corrected chi connectivity index (χ0v) is 17.6. The Labute approximate surface area is 173 Å². The molecule has 0 spiro atoms. The first-order chi connectivity index (χ1) is 13.8. The van der Waals surface area contributed by atoms with Crippen molar-refractivity contribution in [2.24, 2.45) is 11.3 Å². The largest absolute Gasteiger partial charge is 0.482 e. The van der Waals surface area contributed by atoms with Gasteiger partial charge in [-0.3, -0.25) is 9.59 Å². The van der Waals surface area contributed by atoms with Crippen molar-refractivity contribution in [3.63, 3.8) is 0 Å². The molecule has 2 N–H and O–H groups in total. The minimum Gasteiger partial charge on any atom is -0.482 e. The van der Waals surface area contributed by atoms with Crippen LogP contribution in [0.4, 0.5) is 5.69 Å². The number of amides is 2. The molecular formula is C18H23N3O6S2. The van der Waals surface area contributed by atoms with Crippen LogP contribution in [-0.2, 0) is 19.6 Å². The number of sulfonamides is 1. The summed E-state index contributed by atoms with van der Waals surface area (Å²) in [6, 6.07) is 4.39. The van der Waals surface area contributed by atoms with E-state index in [1.165, 1.54) is 34.3 Å². The van der Waals surface area contributed by atoms with E-state index in [0.29, 0.717) is 30.3 Å². The lowest BCUT2D eigenvalue weighted by molar-refractivity contribution is -0.128. The predicted molar refractivity (Wildman–Crippen MR) is 107 cm³/mol. The topological polar surface area (TPSA) is 116 Å². The van der Waals surface area contributed by atoms with Crippen LogP contribution in [0, 0.1) is 11.3 Å². The molecule has 0 radical (unpaired) electrons. The molecule has 0 aliphatic carbocycles. The summed E-state index contributed by atoms with van der Waals surface area (Å²) in [5, 5.41) is 12.7. The molecule has 0 bridgehead atoms. The molecule has 3 aliphatic rings.